The molecule has 2 rings (SSSR count). The number of rotatable bonds is 5. The van der Waals surface area contributed by atoms with Crippen LogP contribution in [-0.4, -0.2) is 8.42 Å². The molecule has 0 aliphatic carbocycles. The van der Waals surface area contributed by atoms with Crippen LogP contribution in [0.1, 0.15) is 58.3 Å². The normalized spacial score (nSPS) is 13.1. The molecule has 0 aliphatic rings. The molecule has 0 aliphatic heterocycles. The van der Waals surface area contributed by atoms with Gasteiger partial charge in [0.1, 0.15) is 0 Å². The summed E-state index contributed by atoms with van der Waals surface area (Å²) in [4.78, 5) is 0.429. The van der Waals surface area contributed by atoms with Crippen molar-refractivity contribution in [3.63, 3.8) is 0 Å². The maximum absolute atomic E-state index is 13.2. The van der Waals surface area contributed by atoms with Crippen molar-refractivity contribution in [1.29, 1.82) is 0 Å². The average Bonchev–Trinajstić information content (AvgIpc) is 2.57. The highest BCUT2D eigenvalue weighted by molar-refractivity contribution is 7.89. The Hall–Kier alpha value is -1.65. The molecule has 1 N–H and O–H groups in total. The van der Waals surface area contributed by atoms with Crippen molar-refractivity contribution in [2.24, 2.45) is 0 Å². The van der Waals surface area contributed by atoms with E-state index in [9.17, 15) is 8.42 Å². The van der Waals surface area contributed by atoms with Crippen LogP contribution >= 0.6 is 0 Å². The first-order valence-electron chi connectivity index (χ1n) is 8.76. The molecule has 3 nitrogen and oxygen atoms in total. The molecular formula is C21H29NO2S. The summed E-state index contributed by atoms with van der Waals surface area (Å²) in [5, 5.41) is 0. The Morgan fingerprint density at radius 3 is 1.68 bits per heavy atom. The third-order valence-corrected chi connectivity index (χ3v) is 7.13. The fraction of sp³-hybridized carbons (Fsp3) is 0.429. The van der Waals surface area contributed by atoms with E-state index in [0.717, 1.165) is 33.4 Å². The molecule has 0 radical (unpaired) electrons. The van der Waals surface area contributed by atoms with Crippen LogP contribution in [0.25, 0.3) is 0 Å². The van der Waals surface area contributed by atoms with Gasteiger partial charge < -0.3 is 0 Å². The Balaban J connectivity index is 2.50. The summed E-state index contributed by atoms with van der Waals surface area (Å²) in [5.74, 6) is 0. The number of sulfonamides is 1. The smallest absolute Gasteiger partial charge is 0.207 e. The molecule has 0 heterocycles. The van der Waals surface area contributed by atoms with Crippen molar-refractivity contribution < 1.29 is 8.42 Å². The van der Waals surface area contributed by atoms with E-state index in [1.54, 1.807) is 0 Å². The lowest BCUT2D eigenvalue weighted by atomic mass is 9.95. The van der Waals surface area contributed by atoms with Gasteiger partial charge in [0.15, 0.2) is 0 Å². The topological polar surface area (TPSA) is 46.2 Å². The lowest BCUT2D eigenvalue weighted by Crippen LogP contribution is -2.30. The summed E-state index contributed by atoms with van der Waals surface area (Å²) in [6.07, 6.45) is 0.699. The fourth-order valence-corrected chi connectivity index (χ4v) is 5.21. The van der Waals surface area contributed by atoms with Gasteiger partial charge in [0.2, 0.25) is 10.0 Å². The molecule has 0 amide bonds. The molecule has 0 saturated carbocycles. The first-order valence-corrected chi connectivity index (χ1v) is 10.2. The predicted octanol–water partition coefficient (Wildman–Crippen LogP) is 4.97. The lowest BCUT2D eigenvalue weighted by Gasteiger charge is -2.22. The molecule has 0 bridgehead atoms. The molecule has 2 aromatic carbocycles. The SMILES string of the molecule is CCC(NS(=O)(=O)c1c(C)c(C)c(C)c(C)c1C)c1ccc(C)cc1. The van der Waals surface area contributed by atoms with Gasteiger partial charge in [0, 0.05) is 6.04 Å². The van der Waals surface area contributed by atoms with Crippen molar-refractivity contribution >= 4 is 10.0 Å². The molecular weight excluding hydrogens is 330 g/mol. The summed E-state index contributed by atoms with van der Waals surface area (Å²) in [6.45, 7) is 13.9. The fourth-order valence-electron chi connectivity index (χ4n) is 3.30. The zero-order valence-electron chi connectivity index (χ0n) is 16.3. The van der Waals surface area contributed by atoms with E-state index in [-0.39, 0.29) is 6.04 Å². The second-order valence-electron chi connectivity index (χ2n) is 6.95. The Morgan fingerprint density at radius 2 is 1.24 bits per heavy atom. The third-order valence-electron chi connectivity index (χ3n) is 5.39. The maximum atomic E-state index is 13.2. The molecule has 2 aromatic rings. The highest BCUT2D eigenvalue weighted by atomic mass is 32.2. The second-order valence-corrected chi connectivity index (χ2v) is 8.60. The number of benzene rings is 2. The van der Waals surface area contributed by atoms with Crippen molar-refractivity contribution in [2.75, 3.05) is 0 Å². The van der Waals surface area contributed by atoms with Crippen LogP contribution < -0.4 is 4.72 Å². The van der Waals surface area contributed by atoms with Gasteiger partial charge in [-0.15, -0.1) is 0 Å². The average molecular weight is 360 g/mol. The molecule has 25 heavy (non-hydrogen) atoms. The van der Waals surface area contributed by atoms with Crippen molar-refractivity contribution in [3.8, 4) is 0 Å². The maximum Gasteiger partial charge on any atom is 0.241 e. The van der Waals surface area contributed by atoms with Crippen LogP contribution in [0, 0.1) is 41.5 Å². The van der Waals surface area contributed by atoms with Gasteiger partial charge in [-0.3, -0.25) is 0 Å². The Bertz CT molecular complexity index is 852. The van der Waals surface area contributed by atoms with Crippen LogP contribution in [0.2, 0.25) is 0 Å². The number of hydrogen-bond donors (Lipinski definition) is 1. The van der Waals surface area contributed by atoms with Gasteiger partial charge in [-0.2, -0.15) is 0 Å². The van der Waals surface area contributed by atoms with Gasteiger partial charge in [-0.05, 0) is 81.3 Å². The van der Waals surface area contributed by atoms with Crippen LogP contribution in [-0.2, 0) is 10.0 Å². The Morgan fingerprint density at radius 1 is 0.800 bits per heavy atom. The minimum Gasteiger partial charge on any atom is -0.207 e. The molecule has 4 heteroatoms. The minimum absolute atomic E-state index is 0.230. The molecule has 136 valence electrons. The van der Waals surface area contributed by atoms with Crippen LogP contribution in [0.15, 0.2) is 29.2 Å². The summed E-state index contributed by atoms with van der Waals surface area (Å²) in [6, 6.07) is 7.80. The summed E-state index contributed by atoms with van der Waals surface area (Å²) in [5.41, 5.74) is 7.10. The monoisotopic (exact) mass is 359 g/mol. The first kappa shape index (κ1) is 19.7. The van der Waals surface area contributed by atoms with E-state index in [2.05, 4.69) is 11.6 Å². The molecule has 0 fully saturated rings. The summed E-state index contributed by atoms with van der Waals surface area (Å²) in [7, 11) is -3.60. The highest BCUT2D eigenvalue weighted by Crippen LogP contribution is 2.31. The number of hydrogen-bond acceptors (Lipinski definition) is 2. The zero-order chi connectivity index (χ0) is 18.9. The Labute approximate surface area is 152 Å². The standard InChI is InChI=1S/C21H29NO2S/c1-8-20(19-11-9-13(2)10-12-19)22-25(23,24)21-17(6)15(4)14(3)16(5)18(21)7/h9-12,20,22H,8H2,1-7H3. The van der Waals surface area contributed by atoms with E-state index < -0.39 is 10.0 Å². The van der Waals surface area contributed by atoms with E-state index in [1.807, 2.05) is 65.8 Å². The molecule has 0 spiro atoms. The molecule has 0 aromatic heterocycles. The van der Waals surface area contributed by atoms with Gasteiger partial charge in [-0.1, -0.05) is 36.8 Å². The third kappa shape index (κ3) is 3.80. The van der Waals surface area contributed by atoms with Gasteiger partial charge in [0.05, 0.1) is 4.90 Å². The van der Waals surface area contributed by atoms with Crippen molar-refractivity contribution in [3.05, 3.63) is 63.2 Å². The zero-order valence-corrected chi connectivity index (χ0v) is 17.1. The highest BCUT2D eigenvalue weighted by Gasteiger charge is 2.26. The van der Waals surface area contributed by atoms with Gasteiger partial charge in [0.25, 0.3) is 0 Å². The van der Waals surface area contributed by atoms with Gasteiger partial charge >= 0.3 is 0 Å². The number of aryl methyl sites for hydroxylation is 1. The predicted molar refractivity (Wildman–Crippen MR) is 105 cm³/mol. The summed E-state index contributed by atoms with van der Waals surface area (Å²) < 4.78 is 29.3. The molecule has 1 atom stereocenters. The number of nitrogens with one attached hydrogen (secondary N) is 1. The quantitative estimate of drug-likeness (QED) is 0.819. The van der Waals surface area contributed by atoms with E-state index in [4.69, 9.17) is 0 Å². The van der Waals surface area contributed by atoms with Crippen molar-refractivity contribution in [1.82, 2.24) is 4.72 Å². The van der Waals surface area contributed by atoms with Gasteiger partial charge in [-0.25, -0.2) is 13.1 Å². The minimum atomic E-state index is -3.60. The first-order chi connectivity index (χ1) is 11.6. The lowest BCUT2D eigenvalue weighted by molar-refractivity contribution is 0.548. The largest absolute Gasteiger partial charge is 0.241 e. The van der Waals surface area contributed by atoms with E-state index in [0.29, 0.717) is 11.3 Å². The van der Waals surface area contributed by atoms with Crippen LogP contribution in [0.3, 0.4) is 0 Å². The molecule has 1 unspecified atom stereocenters. The van der Waals surface area contributed by atoms with E-state index in [1.165, 1.54) is 5.56 Å². The summed E-state index contributed by atoms with van der Waals surface area (Å²) >= 11 is 0. The van der Waals surface area contributed by atoms with Crippen molar-refractivity contribution in [2.45, 2.75) is 65.8 Å². The Kier molecular flexibility index (Phi) is 5.75. The van der Waals surface area contributed by atoms with Crippen LogP contribution in [0.5, 0.6) is 0 Å². The van der Waals surface area contributed by atoms with E-state index >= 15 is 0 Å². The van der Waals surface area contributed by atoms with Crippen LogP contribution in [0.4, 0.5) is 0 Å². The molecule has 0 saturated heterocycles. The second kappa shape index (κ2) is 7.30.